The summed E-state index contributed by atoms with van der Waals surface area (Å²) in [4.78, 5) is 40.2. The summed E-state index contributed by atoms with van der Waals surface area (Å²) in [6, 6.07) is 18.1. The largest absolute Gasteiger partial charge is 0.480 e. The van der Waals surface area contributed by atoms with Crippen molar-refractivity contribution in [2.75, 3.05) is 6.61 Å². The number of alkyl carbamates (subject to hydrolysis) is 1. The van der Waals surface area contributed by atoms with Gasteiger partial charge in [-0.2, -0.15) is 0 Å². The summed E-state index contributed by atoms with van der Waals surface area (Å²) in [6.45, 7) is 3.74. The Labute approximate surface area is 202 Å². The average Bonchev–Trinajstić information content (AvgIpc) is 3.19. The molecule has 0 bridgehead atoms. The zero-order valence-corrected chi connectivity index (χ0v) is 18.9. The molecule has 0 saturated carbocycles. The first-order valence-corrected chi connectivity index (χ1v) is 11.2. The number of rotatable bonds is 9. The lowest BCUT2D eigenvalue weighted by atomic mass is 9.98. The molecule has 8 nitrogen and oxygen atoms in total. The van der Waals surface area contributed by atoms with Gasteiger partial charge in [-0.05, 0) is 40.8 Å². The van der Waals surface area contributed by atoms with Crippen LogP contribution < -0.4 is 10.6 Å². The van der Waals surface area contributed by atoms with Crippen LogP contribution in [0, 0.1) is 0 Å². The van der Waals surface area contributed by atoms with Crippen LogP contribution in [0.25, 0.3) is 11.1 Å². The second kappa shape index (κ2) is 10.6. The second-order valence-electron chi connectivity index (χ2n) is 8.10. The molecule has 178 valence electrons. The van der Waals surface area contributed by atoms with Gasteiger partial charge in [0.1, 0.15) is 12.6 Å². The zero-order chi connectivity index (χ0) is 24.8. The first-order valence-electron chi connectivity index (χ1n) is 11.2. The van der Waals surface area contributed by atoms with Crippen molar-refractivity contribution in [1.82, 2.24) is 15.6 Å². The number of hydrogen-bond acceptors (Lipinski definition) is 5. The first-order chi connectivity index (χ1) is 17.0. The summed E-state index contributed by atoms with van der Waals surface area (Å²) in [7, 11) is 0. The maximum Gasteiger partial charge on any atom is 0.407 e. The molecule has 3 N–H and O–H groups in total. The fraction of sp³-hybridized carbons (Fsp3) is 0.185. The SMILES string of the molecule is C=CCC(NC(=O)c1ccnc(CNC(=O)OCC2c3ccccc3-c3ccccc32)c1)C(=O)O. The van der Waals surface area contributed by atoms with Gasteiger partial charge in [0.15, 0.2) is 0 Å². The van der Waals surface area contributed by atoms with Gasteiger partial charge in [-0.3, -0.25) is 9.78 Å². The van der Waals surface area contributed by atoms with Crippen molar-refractivity contribution in [1.29, 1.82) is 0 Å². The summed E-state index contributed by atoms with van der Waals surface area (Å²) < 4.78 is 5.51. The Morgan fingerprint density at radius 3 is 2.34 bits per heavy atom. The van der Waals surface area contributed by atoms with Gasteiger partial charge in [-0.25, -0.2) is 9.59 Å². The third kappa shape index (κ3) is 5.38. The normalized spacial score (nSPS) is 12.7. The molecule has 1 aliphatic carbocycles. The number of ether oxygens (including phenoxy) is 1. The van der Waals surface area contributed by atoms with Gasteiger partial charge in [0.2, 0.25) is 0 Å². The van der Waals surface area contributed by atoms with Crippen LogP contribution in [0.2, 0.25) is 0 Å². The number of nitrogens with one attached hydrogen (secondary N) is 2. The highest BCUT2D eigenvalue weighted by molar-refractivity contribution is 5.96. The second-order valence-corrected chi connectivity index (χ2v) is 8.10. The van der Waals surface area contributed by atoms with Crippen LogP contribution in [-0.4, -0.2) is 40.7 Å². The van der Waals surface area contributed by atoms with E-state index >= 15 is 0 Å². The highest BCUT2D eigenvalue weighted by atomic mass is 16.5. The van der Waals surface area contributed by atoms with E-state index in [9.17, 15) is 19.5 Å². The minimum atomic E-state index is -1.15. The summed E-state index contributed by atoms with van der Waals surface area (Å²) in [5, 5.41) is 14.3. The van der Waals surface area contributed by atoms with Crippen molar-refractivity contribution in [3.8, 4) is 11.1 Å². The van der Waals surface area contributed by atoms with Crippen LogP contribution in [0.4, 0.5) is 4.79 Å². The monoisotopic (exact) mass is 471 g/mol. The lowest BCUT2D eigenvalue weighted by Crippen LogP contribution is -2.40. The maximum absolute atomic E-state index is 12.4. The van der Waals surface area contributed by atoms with E-state index in [-0.39, 0.29) is 31.1 Å². The predicted octanol–water partition coefficient (Wildman–Crippen LogP) is 3.88. The molecule has 2 amide bonds. The number of hydrogen-bond donors (Lipinski definition) is 3. The maximum atomic E-state index is 12.4. The van der Waals surface area contributed by atoms with E-state index in [1.165, 1.54) is 24.4 Å². The number of aromatic nitrogens is 1. The molecule has 8 heteroatoms. The Morgan fingerprint density at radius 2 is 1.71 bits per heavy atom. The van der Waals surface area contributed by atoms with E-state index in [1.54, 1.807) is 0 Å². The van der Waals surface area contributed by atoms with Gasteiger partial charge in [0.25, 0.3) is 5.91 Å². The third-order valence-corrected chi connectivity index (χ3v) is 5.84. The van der Waals surface area contributed by atoms with Gasteiger partial charge >= 0.3 is 12.1 Å². The Morgan fingerprint density at radius 1 is 1.06 bits per heavy atom. The molecule has 1 heterocycles. The van der Waals surface area contributed by atoms with Gasteiger partial charge in [-0.1, -0.05) is 54.6 Å². The average molecular weight is 472 g/mol. The number of carboxylic acids is 1. The van der Waals surface area contributed by atoms with E-state index in [2.05, 4.69) is 34.3 Å². The molecule has 1 aromatic heterocycles. The van der Waals surface area contributed by atoms with E-state index < -0.39 is 24.0 Å². The molecule has 35 heavy (non-hydrogen) atoms. The van der Waals surface area contributed by atoms with Gasteiger partial charge in [-0.15, -0.1) is 6.58 Å². The molecule has 0 spiro atoms. The van der Waals surface area contributed by atoms with Crippen LogP contribution in [0.15, 0.2) is 79.5 Å². The molecule has 1 unspecified atom stereocenters. The van der Waals surface area contributed by atoms with E-state index in [1.807, 2.05) is 36.4 Å². The minimum Gasteiger partial charge on any atom is -0.480 e. The standard InChI is InChI=1S/C27H25N3O5/c1-2-7-24(26(32)33)30-25(31)17-12-13-28-18(14-17)15-29-27(34)35-16-23-21-10-5-3-8-19(21)20-9-4-6-11-22(20)23/h2-6,8-14,23-24H,1,7,15-16H2,(H,29,34)(H,30,31)(H,32,33). The predicted molar refractivity (Wildman–Crippen MR) is 130 cm³/mol. The molecular formula is C27H25N3O5. The number of fused-ring (bicyclic) bond motifs is 3. The molecule has 0 radical (unpaired) electrons. The Bertz CT molecular complexity index is 1230. The van der Waals surface area contributed by atoms with Crippen LogP contribution in [0.3, 0.4) is 0 Å². The van der Waals surface area contributed by atoms with E-state index in [0.29, 0.717) is 5.69 Å². The van der Waals surface area contributed by atoms with Crippen molar-refractivity contribution in [2.45, 2.75) is 24.9 Å². The molecule has 0 fully saturated rings. The number of carbonyl (C=O) groups excluding carboxylic acids is 2. The van der Waals surface area contributed by atoms with Crippen molar-refractivity contribution in [3.63, 3.8) is 0 Å². The minimum absolute atomic E-state index is 0.0453. The highest BCUT2D eigenvalue weighted by Crippen LogP contribution is 2.44. The van der Waals surface area contributed by atoms with Crippen LogP contribution in [-0.2, 0) is 16.1 Å². The lowest BCUT2D eigenvalue weighted by Gasteiger charge is -2.15. The topological polar surface area (TPSA) is 118 Å². The molecule has 0 saturated heterocycles. The molecule has 2 aromatic carbocycles. The number of aliphatic carboxylic acids is 1. The van der Waals surface area contributed by atoms with Crippen molar-refractivity contribution < 1.29 is 24.2 Å². The molecule has 3 aromatic rings. The Hall–Kier alpha value is -4.46. The number of carboxylic acid groups (broad SMARTS) is 1. The number of benzene rings is 2. The van der Waals surface area contributed by atoms with Crippen LogP contribution in [0.5, 0.6) is 0 Å². The number of pyridine rings is 1. The van der Waals surface area contributed by atoms with Crippen molar-refractivity contribution >= 4 is 18.0 Å². The van der Waals surface area contributed by atoms with Crippen molar-refractivity contribution in [3.05, 3.63) is 102 Å². The quantitative estimate of drug-likeness (QED) is 0.408. The van der Waals surface area contributed by atoms with Crippen LogP contribution >= 0.6 is 0 Å². The summed E-state index contributed by atoms with van der Waals surface area (Å²) in [5.41, 5.74) is 5.21. The number of nitrogens with zero attached hydrogens (tertiary/aromatic N) is 1. The fourth-order valence-corrected chi connectivity index (χ4v) is 4.16. The summed E-state index contributed by atoms with van der Waals surface area (Å²) in [5.74, 6) is -1.75. The fourth-order valence-electron chi connectivity index (χ4n) is 4.16. The molecule has 4 rings (SSSR count). The van der Waals surface area contributed by atoms with E-state index in [0.717, 1.165) is 22.3 Å². The van der Waals surface area contributed by atoms with Gasteiger partial charge < -0.3 is 20.5 Å². The van der Waals surface area contributed by atoms with Gasteiger partial charge in [0.05, 0.1) is 12.2 Å². The van der Waals surface area contributed by atoms with E-state index in [4.69, 9.17) is 4.74 Å². The summed E-state index contributed by atoms with van der Waals surface area (Å²) >= 11 is 0. The third-order valence-electron chi connectivity index (χ3n) is 5.84. The molecule has 0 aliphatic heterocycles. The highest BCUT2D eigenvalue weighted by Gasteiger charge is 2.29. The van der Waals surface area contributed by atoms with Crippen LogP contribution in [0.1, 0.15) is 39.5 Å². The smallest absolute Gasteiger partial charge is 0.407 e. The molecular weight excluding hydrogens is 446 g/mol. The Kier molecular flexibility index (Phi) is 7.21. The zero-order valence-electron chi connectivity index (χ0n) is 18.9. The number of amides is 2. The van der Waals surface area contributed by atoms with Gasteiger partial charge in [0, 0.05) is 17.7 Å². The van der Waals surface area contributed by atoms with Crippen molar-refractivity contribution in [2.24, 2.45) is 0 Å². The summed E-state index contributed by atoms with van der Waals surface area (Å²) in [6.07, 6.45) is 2.35. The molecule has 1 aliphatic rings. The first kappa shape index (κ1) is 23.7. The molecule has 1 atom stereocenters. The lowest BCUT2D eigenvalue weighted by molar-refractivity contribution is -0.139. The number of carbonyl (C=O) groups is 3. The Balaban J connectivity index is 1.34.